The predicted molar refractivity (Wildman–Crippen MR) is 54.6 cm³/mol. The summed E-state index contributed by atoms with van der Waals surface area (Å²) in [6, 6.07) is 0. The zero-order valence-electron chi connectivity index (χ0n) is 9.29. The molecule has 2 rings (SSSR count). The SMILES string of the molecule is CC(C)C1C2CCC(O2)C1C(C)C. The van der Waals surface area contributed by atoms with Gasteiger partial charge in [0.25, 0.3) is 0 Å². The summed E-state index contributed by atoms with van der Waals surface area (Å²) in [7, 11) is 0. The average Bonchev–Trinajstić information content (AvgIpc) is 2.60. The quantitative estimate of drug-likeness (QED) is 0.637. The minimum absolute atomic E-state index is 0.595. The van der Waals surface area contributed by atoms with Crippen molar-refractivity contribution in [2.24, 2.45) is 23.7 Å². The van der Waals surface area contributed by atoms with Crippen LogP contribution in [0.5, 0.6) is 0 Å². The maximum atomic E-state index is 6.02. The largest absolute Gasteiger partial charge is 0.374 e. The van der Waals surface area contributed by atoms with Crippen LogP contribution in [-0.2, 0) is 4.74 Å². The van der Waals surface area contributed by atoms with Gasteiger partial charge in [0.05, 0.1) is 12.2 Å². The Morgan fingerprint density at radius 2 is 1.23 bits per heavy atom. The number of rotatable bonds is 2. The van der Waals surface area contributed by atoms with Gasteiger partial charge in [-0.1, -0.05) is 27.7 Å². The number of hydrogen-bond acceptors (Lipinski definition) is 1. The summed E-state index contributed by atoms with van der Waals surface area (Å²) in [5.41, 5.74) is 0. The van der Waals surface area contributed by atoms with Crippen LogP contribution in [0.1, 0.15) is 40.5 Å². The molecule has 0 radical (unpaired) electrons. The van der Waals surface area contributed by atoms with E-state index in [-0.39, 0.29) is 0 Å². The molecule has 0 aromatic heterocycles. The van der Waals surface area contributed by atoms with E-state index in [2.05, 4.69) is 27.7 Å². The topological polar surface area (TPSA) is 9.23 Å². The third-order valence-electron chi connectivity index (χ3n) is 3.93. The lowest BCUT2D eigenvalue weighted by atomic mass is 9.69. The van der Waals surface area contributed by atoms with Gasteiger partial charge in [-0.2, -0.15) is 0 Å². The summed E-state index contributed by atoms with van der Waals surface area (Å²) in [5.74, 6) is 3.25. The second kappa shape index (κ2) is 3.27. The summed E-state index contributed by atoms with van der Waals surface area (Å²) in [6.07, 6.45) is 3.82. The Balaban J connectivity index is 2.15. The van der Waals surface area contributed by atoms with E-state index in [1.54, 1.807) is 0 Å². The van der Waals surface area contributed by atoms with Gasteiger partial charge in [-0.25, -0.2) is 0 Å². The minimum atomic E-state index is 0.595. The highest BCUT2D eigenvalue weighted by atomic mass is 16.5. The maximum Gasteiger partial charge on any atom is 0.0614 e. The van der Waals surface area contributed by atoms with Crippen molar-refractivity contribution < 1.29 is 4.74 Å². The van der Waals surface area contributed by atoms with Gasteiger partial charge in [0.15, 0.2) is 0 Å². The first-order chi connectivity index (χ1) is 6.11. The molecule has 1 heteroatoms. The van der Waals surface area contributed by atoms with Gasteiger partial charge in [0.2, 0.25) is 0 Å². The van der Waals surface area contributed by atoms with Crippen LogP contribution in [0.25, 0.3) is 0 Å². The van der Waals surface area contributed by atoms with Crippen molar-refractivity contribution in [2.75, 3.05) is 0 Å². The number of hydrogen-bond donors (Lipinski definition) is 0. The van der Waals surface area contributed by atoms with Crippen molar-refractivity contribution in [3.05, 3.63) is 0 Å². The lowest BCUT2D eigenvalue weighted by Crippen LogP contribution is -2.34. The van der Waals surface area contributed by atoms with Gasteiger partial charge < -0.3 is 4.74 Å². The molecule has 0 aromatic rings. The van der Waals surface area contributed by atoms with E-state index in [0.717, 1.165) is 23.7 Å². The summed E-state index contributed by atoms with van der Waals surface area (Å²) in [5, 5.41) is 0. The normalized spacial score (nSPS) is 43.8. The second-order valence-electron chi connectivity index (χ2n) is 5.43. The van der Waals surface area contributed by atoms with Gasteiger partial charge in [-0.05, 0) is 36.5 Å². The van der Waals surface area contributed by atoms with Crippen LogP contribution in [-0.4, -0.2) is 12.2 Å². The molecule has 13 heavy (non-hydrogen) atoms. The van der Waals surface area contributed by atoms with Crippen LogP contribution in [0.4, 0.5) is 0 Å². The van der Waals surface area contributed by atoms with Crippen molar-refractivity contribution >= 4 is 0 Å². The maximum absolute atomic E-state index is 6.02. The minimum Gasteiger partial charge on any atom is -0.374 e. The molecule has 76 valence electrons. The fourth-order valence-electron chi connectivity index (χ4n) is 3.50. The molecule has 0 N–H and O–H groups in total. The lowest BCUT2D eigenvalue weighted by molar-refractivity contribution is 0.0803. The molecule has 4 atom stereocenters. The molecular weight excluding hydrogens is 160 g/mol. The first kappa shape index (κ1) is 9.51. The summed E-state index contributed by atoms with van der Waals surface area (Å²) >= 11 is 0. The molecule has 2 aliphatic heterocycles. The summed E-state index contributed by atoms with van der Waals surface area (Å²) < 4.78 is 6.02. The van der Waals surface area contributed by atoms with Gasteiger partial charge in [0.1, 0.15) is 0 Å². The predicted octanol–water partition coefficient (Wildman–Crippen LogP) is 3.09. The van der Waals surface area contributed by atoms with Crippen LogP contribution < -0.4 is 0 Å². The Hall–Kier alpha value is -0.0400. The number of ether oxygens (including phenoxy) is 1. The van der Waals surface area contributed by atoms with Crippen molar-refractivity contribution in [1.82, 2.24) is 0 Å². The standard InChI is InChI=1S/C12H22O/c1-7(2)11-9-5-6-10(13-9)12(11)8(3)4/h7-12H,5-6H2,1-4H3. The van der Waals surface area contributed by atoms with Crippen LogP contribution in [0.3, 0.4) is 0 Å². The molecule has 2 heterocycles. The number of fused-ring (bicyclic) bond motifs is 2. The molecule has 0 aromatic carbocycles. The summed E-state index contributed by atoms with van der Waals surface area (Å²) in [6.45, 7) is 9.41. The first-order valence-electron chi connectivity index (χ1n) is 5.76. The summed E-state index contributed by atoms with van der Waals surface area (Å²) in [4.78, 5) is 0. The first-order valence-corrected chi connectivity index (χ1v) is 5.76. The Morgan fingerprint density at radius 3 is 1.54 bits per heavy atom. The van der Waals surface area contributed by atoms with Gasteiger partial charge >= 0.3 is 0 Å². The molecule has 0 saturated carbocycles. The Bertz CT molecular complexity index is 166. The Kier molecular flexibility index (Phi) is 2.39. The zero-order valence-corrected chi connectivity index (χ0v) is 9.29. The van der Waals surface area contributed by atoms with Crippen LogP contribution in [0.15, 0.2) is 0 Å². The van der Waals surface area contributed by atoms with E-state index in [1.807, 2.05) is 0 Å². The van der Waals surface area contributed by atoms with Gasteiger partial charge in [0, 0.05) is 0 Å². The second-order valence-corrected chi connectivity index (χ2v) is 5.43. The molecular formula is C12H22O. The van der Waals surface area contributed by atoms with Gasteiger partial charge in [-0.3, -0.25) is 0 Å². The molecule has 2 saturated heterocycles. The Morgan fingerprint density at radius 1 is 0.846 bits per heavy atom. The molecule has 4 unspecified atom stereocenters. The average molecular weight is 182 g/mol. The van der Waals surface area contributed by atoms with E-state index in [1.165, 1.54) is 12.8 Å². The molecule has 2 aliphatic rings. The fourth-order valence-corrected chi connectivity index (χ4v) is 3.50. The highest BCUT2D eigenvalue weighted by Gasteiger charge is 2.50. The molecule has 2 bridgehead atoms. The van der Waals surface area contributed by atoms with Crippen LogP contribution in [0.2, 0.25) is 0 Å². The van der Waals surface area contributed by atoms with E-state index >= 15 is 0 Å². The fraction of sp³-hybridized carbons (Fsp3) is 1.00. The van der Waals surface area contributed by atoms with Crippen molar-refractivity contribution in [3.63, 3.8) is 0 Å². The zero-order chi connectivity index (χ0) is 9.59. The molecule has 0 aliphatic carbocycles. The van der Waals surface area contributed by atoms with E-state index < -0.39 is 0 Å². The van der Waals surface area contributed by atoms with E-state index in [9.17, 15) is 0 Å². The van der Waals surface area contributed by atoms with Gasteiger partial charge in [-0.15, -0.1) is 0 Å². The Labute approximate surface area is 81.9 Å². The molecule has 1 nitrogen and oxygen atoms in total. The molecule has 0 spiro atoms. The van der Waals surface area contributed by atoms with Crippen molar-refractivity contribution in [1.29, 1.82) is 0 Å². The third-order valence-corrected chi connectivity index (χ3v) is 3.93. The van der Waals surface area contributed by atoms with Crippen molar-refractivity contribution in [3.8, 4) is 0 Å². The van der Waals surface area contributed by atoms with E-state index in [4.69, 9.17) is 4.74 Å². The van der Waals surface area contributed by atoms with Crippen LogP contribution >= 0.6 is 0 Å². The molecule has 2 fully saturated rings. The lowest BCUT2D eigenvalue weighted by Gasteiger charge is -2.33. The molecule has 0 amide bonds. The van der Waals surface area contributed by atoms with Crippen molar-refractivity contribution in [2.45, 2.75) is 52.7 Å². The monoisotopic (exact) mass is 182 g/mol. The van der Waals surface area contributed by atoms with E-state index in [0.29, 0.717) is 12.2 Å². The highest BCUT2D eigenvalue weighted by molar-refractivity contribution is 4.98. The smallest absolute Gasteiger partial charge is 0.0614 e. The third kappa shape index (κ3) is 1.41. The van der Waals surface area contributed by atoms with Crippen LogP contribution in [0, 0.1) is 23.7 Å². The highest BCUT2D eigenvalue weighted by Crippen LogP contribution is 2.49.